The number of H-pyrrole nitrogens is 1. The van der Waals surface area contributed by atoms with Crippen LogP contribution in [0.2, 0.25) is 0 Å². The predicted octanol–water partition coefficient (Wildman–Crippen LogP) is 5.70. The molecular formula is C24H17N5. The normalized spacial score (nSPS) is 10.9. The summed E-state index contributed by atoms with van der Waals surface area (Å²) < 4.78 is 0. The Morgan fingerprint density at radius 2 is 1.90 bits per heavy atom. The molecule has 0 amide bonds. The number of nitriles is 1. The van der Waals surface area contributed by atoms with Crippen LogP contribution in [-0.2, 0) is 0 Å². The quantitative estimate of drug-likeness (QED) is 0.424. The molecule has 5 heteroatoms. The first-order valence-electron chi connectivity index (χ1n) is 9.32. The van der Waals surface area contributed by atoms with Crippen LogP contribution in [0.4, 0.5) is 11.4 Å². The number of benzene rings is 2. The Labute approximate surface area is 167 Å². The average molecular weight is 375 g/mol. The molecular weight excluding hydrogens is 358 g/mol. The molecule has 0 atom stereocenters. The van der Waals surface area contributed by atoms with Crippen LogP contribution >= 0.6 is 0 Å². The number of hydrogen-bond donors (Lipinski definition) is 2. The Bertz CT molecular complexity index is 1400. The molecule has 2 N–H and O–H groups in total. The van der Waals surface area contributed by atoms with E-state index in [0.29, 0.717) is 5.56 Å². The molecule has 5 nitrogen and oxygen atoms in total. The lowest BCUT2D eigenvalue weighted by Crippen LogP contribution is -2.00. The summed E-state index contributed by atoms with van der Waals surface area (Å²) in [7, 11) is 0. The number of anilines is 2. The number of aromatic amines is 1. The molecule has 0 unspecified atom stereocenters. The summed E-state index contributed by atoms with van der Waals surface area (Å²) in [5.41, 5.74) is 7.18. The second kappa shape index (κ2) is 6.77. The number of rotatable bonds is 3. The smallest absolute Gasteiger partial charge is 0.103 e. The van der Waals surface area contributed by atoms with Gasteiger partial charge in [-0.3, -0.25) is 9.97 Å². The highest BCUT2D eigenvalue weighted by molar-refractivity contribution is 5.99. The first-order valence-corrected chi connectivity index (χ1v) is 9.32. The molecule has 0 spiro atoms. The first-order chi connectivity index (χ1) is 14.3. The molecule has 0 saturated heterocycles. The molecule has 0 aliphatic carbocycles. The van der Waals surface area contributed by atoms with Gasteiger partial charge in [-0.15, -0.1) is 0 Å². The number of nitrogens with zero attached hydrogens (tertiary/aromatic N) is 3. The van der Waals surface area contributed by atoms with E-state index in [4.69, 9.17) is 0 Å². The lowest BCUT2D eigenvalue weighted by molar-refractivity contribution is 1.29. The minimum Gasteiger partial charge on any atom is -0.361 e. The van der Waals surface area contributed by atoms with Gasteiger partial charge in [0.05, 0.1) is 16.8 Å². The zero-order chi connectivity index (χ0) is 19.8. The maximum Gasteiger partial charge on any atom is 0.103 e. The van der Waals surface area contributed by atoms with E-state index in [1.807, 2.05) is 48.7 Å². The zero-order valence-corrected chi connectivity index (χ0v) is 15.8. The van der Waals surface area contributed by atoms with Crippen LogP contribution in [0.1, 0.15) is 11.1 Å². The van der Waals surface area contributed by atoms with Gasteiger partial charge in [-0.1, -0.05) is 18.2 Å². The third-order valence-electron chi connectivity index (χ3n) is 5.27. The van der Waals surface area contributed by atoms with Gasteiger partial charge >= 0.3 is 0 Å². The maximum atomic E-state index is 9.74. The Kier molecular flexibility index (Phi) is 3.96. The molecule has 5 rings (SSSR count). The summed E-state index contributed by atoms with van der Waals surface area (Å²) in [5, 5.41) is 15.4. The van der Waals surface area contributed by atoms with Crippen molar-refractivity contribution < 1.29 is 0 Å². The highest BCUT2D eigenvalue weighted by Gasteiger charge is 2.15. The highest BCUT2D eigenvalue weighted by atomic mass is 14.9. The minimum absolute atomic E-state index is 0.497. The van der Waals surface area contributed by atoms with Gasteiger partial charge in [0.2, 0.25) is 0 Å². The summed E-state index contributed by atoms with van der Waals surface area (Å²) >= 11 is 0. The second-order valence-electron chi connectivity index (χ2n) is 6.90. The molecule has 0 aliphatic heterocycles. The topological polar surface area (TPSA) is 77.4 Å². The van der Waals surface area contributed by atoms with Crippen LogP contribution in [0, 0.1) is 18.3 Å². The van der Waals surface area contributed by atoms with Gasteiger partial charge in [-0.25, -0.2) is 0 Å². The van der Waals surface area contributed by atoms with Gasteiger partial charge in [0.25, 0.3) is 0 Å². The molecule has 29 heavy (non-hydrogen) atoms. The van der Waals surface area contributed by atoms with E-state index in [1.165, 1.54) is 0 Å². The molecule has 0 aliphatic rings. The fraction of sp³-hybridized carbons (Fsp3) is 0.0417. The van der Waals surface area contributed by atoms with Gasteiger partial charge < -0.3 is 10.3 Å². The Morgan fingerprint density at radius 1 is 0.966 bits per heavy atom. The van der Waals surface area contributed by atoms with Crippen molar-refractivity contribution in [3.63, 3.8) is 0 Å². The second-order valence-corrected chi connectivity index (χ2v) is 6.90. The fourth-order valence-corrected chi connectivity index (χ4v) is 3.78. The van der Waals surface area contributed by atoms with Gasteiger partial charge in [0, 0.05) is 52.3 Å². The summed E-state index contributed by atoms with van der Waals surface area (Å²) in [6, 6.07) is 18.4. The zero-order valence-electron chi connectivity index (χ0n) is 15.8. The van der Waals surface area contributed by atoms with Crippen LogP contribution in [0.25, 0.3) is 32.9 Å². The van der Waals surface area contributed by atoms with Gasteiger partial charge in [-0.05, 0) is 48.4 Å². The van der Waals surface area contributed by atoms with Gasteiger partial charge in [0.15, 0.2) is 0 Å². The molecule has 0 bridgehead atoms. The summed E-state index contributed by atoms with van der Waals surface area (Å²) in [5.74, 6) is 0. The van der Waals surface area contributed by atoms with Crippen molar-refractivity contribution in [2.75, 3.05) is 5.32 Å². The van der Waals surface area contributed by atoms with E-state index in [2.05, 4.69) is 39.3 Å². The first kappa shape index (κ1) is 17.0. The van der Waals surface area contributed by atoms with Crippen LogP contribution in [-0.4, -0.2) is 15.0 Å². The van der Waals surface area contributed by atoms with E-state index in [1.54, 1.807) is 18.6 Å². The van der Waals surface area contributed by atoms with Gasteiger partial charge in [-0.2, -0.15) is 5.26 Å². The standard InChI is InChI=1S/C24H17N5/c1-15-17-9-11-28-23(17)8-7-21(15)29-24-16(12-25)13-26-14-20(24)18-4-2-6-22-19(18)5-3-10-27-22/h2-11,13-14,28H,1H3,(H,26,29). The van der Waals surface area contributed by atoms with Crippen LogP contribution in [0.3, 0.4) is 0 Å². The van der Waals surface area contributed by atoms with Crippen LogP contribution in [0.5, 0.6) is 0 Å². The van der Waals surface area contributed by atoms with E-state index >= 15 is 0 Å². The molecule has 2 aromatic carbocycles. The number of fused-ring (bicyclic) bond motifs is 2. The Balaban J connectivity index is 1.72. The van der Waals surface area contributed by atoms with Gasteiger partial charge in [0.1, 0.15) is 6.07 Å². The minimum atomic E-state index is 0.497. The Morgan fingerprint density at radius 3 is 2.79 bits per heavy atom. The molecule has 3 heterocycles. The van der Waals surface area contributed by atoms with Crippen molar-refractivity contribution in [2.45, 2.75) is 6.92 Å². The predicted molar refractivity (Wildman–Crippen MR) is 116 cm³/mol. The van der Waals surface area contributed by atoms with Crippen molar-refractivity contribution in [1.29, 1.82) is 5.26 Å². The lowest BCUT2D eigenvalue weighted by atomic mass is 9.98. The van der Waals surface area contributed by atoms with Crippen molar-refractivity contribution in [2.24, 2.45) is 0 Å². The molecule has 0 fully saturated rings. The van der Waals surface area contributed by atoms with Crippen molar-refractivity contribution in [1.82, 2.24) is 15.0 Å². The molecule has 5 aromatic rings. The van der Waals surface area contributed by atoms with E-state index in [9.17, 15) is 5.26 Å². The molecule has 0 radical (unpaired) electrons. The fourth-order valence-electron chi connectivity index (χ4n) is 3.78. The monoisotopic (exact) mass is 375 g/mol. The molecule has 3 aromatic heterocycles. The summed E-state index contributed by atoms with van der Waals surface area (Å²) in [4.78, 5) is 12.0. The van der Waals surface area contributed by atoms with Crippen LogP contribution in [0.15, 0.2) is 73.3 Å². The van der Waals surface area contributed by atoms with E-state index in [-0.39, 0.29) is 0 Å². The third kappa shape index (κ3) is 2.79. The highest BCUT2D eigenvalue weighted by Crippen LogP contribution is 2.37. The number of nitrogens with one attached hydrogen (secondary N) is 2. The largest absolute Gasteiger partial charge is 0.361 e. The number of aryl methyl sites for hydroxylation is 1. The molecule has 138 valence electrons. The van der Waals surface area contributed by atoms with E-state index < -0.39 is 0 Å². The number of hydrogen-bond acceptors (Lipinski definition) is 4. The third-order valence-corrected chi connectivity index (χ3v) is 5.27. The summed E-state index contributed by atoms with van der Waals surface area (Å²) in [6.07, 6.45) is 7.11. The van der Waals surface area contributed by atoms with Crippen molar-refractivity contribution >= 4 is 33.2 Å². The van der Waals surface area contributed by atoms with Crippen molar-refractivity contribution in [3.8, 4) is 17.2 Å². The lowest BCUT2D eigenvalue weighted by Gasteiger charge is -2.16. The van der Waals surface area contributed by atoms with E-state index in [0.717, 1.165) is 49.9 Å². The van der Waals surface area contributed by atoms with Crippen LogP contribution < -0.4 is 5.32 Å². The SMILES string of the molecule is Cc1c(Nc2c(C#N)cncc2-c2cccc3ncccc23)ccc2[nH]ccc12. The number of aromatic nitrogens is 3. The maximum absolute atomic E-state index is 9.74. The average Bonchev–Trinajstić information content (AvgIpc) is 3.25. The van der Waals surface area contributed by atoms with Crippen molar-refractivity contribution in [3.05, 3.63) is 84.4 Å². The molecule has 0 saturated carbocycles. The number of pyridine rings is 2. The summed E-state index contributed by atoms with van der Waals surface area (Å²) in [6.45, 7) is 2.08. The Hall–Kier alpha value is -4.17.